The maximum atomic E-state index is 8.34. The molecule has 1 fully saturated rings. The number of rotatable bonds is 7. The first-order valence-corrected chi connectivity index (χ1v) is 6.15. The molecule has 0 aliphatic heterocycles. The van der Waals surface area contributed by atoms with Crippen molar-refractivity contribution in [1.29, 1.82) is 0 Å². The third-order valence-electron chi connectivity index (χ3n) is 3.00. The lowest BCUT2D eigenvalue weighted by Crippen LogP contribution is -2.35. The average Bonchev–Trinajstić information content (AvgIpc) is 2.36. The number of azide groups is 1. The van der Waals surface area contributed by atoms with Crippen molar-refractivity contribution in [3.8, 4) is 12.3 Å². The maximum Gasteiger partial charge on any atom is 0.107 e. The van der Waals surface area contributed by atoms with E-state index >= 15 is 0 Å². The van der Waals surface area contributed by atoms with Gasteiger partial charge in [-0.25, -0.2) is 0 Å². The Labute approximate surface area is 103 Å². The minimum Gasteiger partial charge on any atom is -0.369 e. The third kappa shape index (κ3) is 6.18. The predicted molar refractivity (Wildman–Crippen MR) is 67.5 cm³/mol. The van der Waals surface area contributed by atoms with Crippen LogP contribution in [-0.4, -0.2) is 31.8 Å². The van der Waals surface area contributed by atoms with E-state index in [1.54, 1.807) is 0 Å². The number of terminal acetylenes is 1. The van der Waals surface area contributed by atoms with Gasteiger partial charge in [0.15, 0.2) is 0 Å². The van der Waals surface area contributed by atoms with E-state index < -0.39 is 0 Å². The fourth-order valence-electron chi connectivity index (χ4n) is 2.08. The van der Waals surface area contributed by atoms with Gasteiger partial charge in [0.2, 0.25) is 0 Å². The second kappa shape index (κ2) is 8.89. The number of hydrogen-bond acceptors (Lipinski definition) is 3. The Morgan fingerprint density at radius 1 is 1.41 bits per heavy atom. The van der Waals surface area contributed by atoms with Gasteiger partial charge in [-0.1, -0.05) is 11.0 Å². The lowest BCUT2D eigenvalue weighted by Gasteiger charge is -2.26. The monoisotopic (exact) mass is 236 g/mol. The van der Waals surface area contributed by atoms with Crippen LogP contribution < -0.4 is 5.32 Å². The molecule has 0 atom stereocenters. The minimum atomic E-state index is 0.206. The van der Waals surface area contributed by atoms with Crippen LogP contribution in [0.2, 0.25) is 0 Å². The Morgan fingerprint density at radius 3 is 2.82 bits per heavy atom. The quantitative estimate of drug-likeness (QED) is 0.242. The number of ether oxygens (including phenoxy) is 1. The van der Waals surface area contributed by atoms with Crippen molar-refractivity contribution in [2.45, 2.75) is 44.2 Å². The lowest BCUT2D eigenvalue weighted by atomic mass is 9.92. The molecule has 0 unspecified atom stereocenters. The van der Waals surface area contributed by atoms with Crippen LogP contribution in [0, 0.1) is 12.3 Å². The smallest absolute Gasteiger partial charge is 0.107 e. The first-order chi connectivity index (χ1) is 8.36. The molecule has 1 saturated carbocycles. The van der Waals surface area contributed by atoms with Gasteiger partial charge in [0, 0.05) is 23.6 Å². The minimum absolute atomic E-state index is 0.206. The van der Waals surface area contributed by atoms with Gasteiger partial charge in [0.05, 0.1) is 0 Å². The van der Waals surface area contributed by atoms with E-state index in [9.17, 15) is 0 Å². The number of nitrogens with one attached hydrogen (secondary N) is 1. The Hall–Kier alpha value is -1.21. The second-order valence-electron chi connectivity index (χ2n) is 4.27. The highest BCUT2D eigenvalue weighted by Crippen LogP contribution is 2.21. The Kier molecular flexibility index (Phi) is 7.24. The molecule has 1 N–H and O–H groups in total. The van der Waals surface area contributed by atoms with Crippen molar-refractivity contribution in [2.75, 3.05) is 19.8 Å². The van der Waals surface area contributed by atoms with Gasteiger partial charge >= 0.3 is 0 Å². The summed E-state index contributed by atoms with van der Waals surface area (Å²) in [4.78, 5) is 2.86. The molecule has 5 heteroatoms. The molecule has 1 aliphatic rings. The van der Waals surface area contributed by atoms with Crippen molar-refractivity contribution in [3.05, 3.63) is 10.4 Å². The molecule has 0 aromatic heterocycles. The molecule has 1 aliphatic carbocycles. The van der Waals surface area contributed by atoms with Crippen molar-refractivity contribution in [2.24, 2.45) is 5.11 Å². The summed E-state index contributed by atoms with van der Waals surface area (Å²) in [5, 5.41) is 7.26. The fraction of sp³-hybridized carbons (Fsp3) is 0.833. The lowest BCUT2D eigenvalue weighted by molar-refractivity contribution is 0.162. The zero-order chi connectivity index (χ0) is 12.3. The molecule has 0 aromatic carbocycles. The van der Waals surface area contributed by atoms with E-state index in [1.165, 1.54) is 0 Å². The van der Waals surface area contributed by atoms with Crippen LogP contribution in [0.4, 0.5) is 0 Å². The molecule has 0 heterocycles. The van der Waals surface area contributed by atoms with Gasteiger partial charge in [0.25, 0.3) is 0 Å². The summed E-state index contributed by atoms with van der Waals surface area (Å²) in [6.07, 6.45) is 10.2. The maximum absolute atomic E-state index is 8.34. The summed E-state index contributed by atoms with van der Waals surface area (Å²) in [5.41, 5.74) is 8.34. The number of nitrogens with zero attached hydrogens (tertiary/aromatic N) is 3. The summed E-state index contributed by atoms with van der Waals surface area (Å²) < 4.78 is 5.19. The standard InChI is InChI=1S/C12H20N4O/c1-2-9-17-10-3-8-14-11-4-6-12(7-5-11)15-16-13/h1,11-12,14H,3-10H2/t11-,12+. The van der Waals surface area contributed by atoms with Crippen LogP contribution in [0.3, 0.4) is 0 Å². The SMILES string of the molecule is C#CCOCCCN[C@H]1CC[C@@H](N=[N+]=[N-])CC1. The molecule has 0 saturated heterocycles. The van der Waals surface area contributed by atoms with Crippen LogP contribution in [0.5, 0.6) is 0 Å². The van der Waals surface area contributed by atoms with Gasteiger partial charge in [-0.05, 0) is 44.2 Å². The Morgan fingerprint density at radius 2 is 2.18 bits per heavy atom. The van der Waals surface area contributed by atoms with Crippen molar-refractivity contribution in [1.82, 2.24) is 5.32 Å². The molecule has 0 aromatic rings. The highest BCUT2D eigenvalue weighted by Gasteiger charge is 2.19. The zero-order valence-corrected chi connectivity index (χ0v) is 10.1. The molecule has 1 rings (SSSR count). The first-order valence-electron chi connectivity index (χ1n) is 6.15. The van der Waals surface area contributed by atoms with Crippen LogP contribution in [-0.2, 0) is 4.74 Å². The van der Waals surface area contributed by atoms with Crippen LogP contribution in [0.1, 0.15) is 32.1 Å². The van der Waals surface area contributed by atoms with Crippen molar-refractivity contribution < 1.29 is 4.74 Å². The molecule has 0 radical (unpaired) electrons. The fourth-order valence-corrected chi connectivity index (χ4v) is 2.08. The van der Waals surface area contributed by atoms with Crippen LogP contribution in [0.25, 0.3) is 10.4 Å². The second-order valence-corrected chi connectivity index (χ2v) is 4.27. The molecular weight excluding hydrogens is 216 g/mol. The van der Waals surface area contributed by atoms with Crippen LogP contribution >= 0.6 is 0 Å². The van der Waals surface area contributed by atoms with E-state index in [0.29, 0.717) is 19.3 Å². The van der Waals surface area contributed by atoms with Gasteiger partial charge in [-0.15, -0.1) is 6.42 Å². The molecule has 94 valence electrons. The molecule has 0 spiro atoms. The average molecular weight is 236 g/mol. The summed E-state index contributed by atoms with van der Waals surface area (Å²) in [6.45, 7) is 2.07. The Bertz CT molecular complexity index is 285. The molecular formula is C12H20N4O. The van der Waals surface area contributed by atoms with Gasteiger partial charge in [-0.3, -0.25) is 0 Å². The summed E-state index contributed by atoms with van der Waals surface area (Å²) in [7, 11) is 0. The number of hydrogen-bond donors (Lipinski definition) is 1. The van der Waals surface area contributed by atoms with E-state index in [2.05, 4.69) is 21.3 Å². The van der Waals surface area contributed by atoms with Crippen molar-refractivity contribution >= 4 is 0 Å². The Balaban J connectivity index is 1.99. The van der Waals surface area contributed by atoms with E-state index in [0.717, 1.165) is 38.6 Å². The van der Waals surface area contributed by atoms with Gasteiger partial charge in [0.1, 0.15) is 6.61 Å². The third-order valence-corrected chi connectivity index (χ3v) is 3.00. The topological polar surface area (TPSA) is 70.0 Å². The van der Waals surface area contributed by atoms with E-state index in [1.807, 2.05) is 0 Å². The largest absolute Gasteiger partial charge is 0.369 e. The van der Waals surface area contributed by atoms with Crippen molar-refractivity contribution in [3.63, 3.8) is 0 Å². The summed E-state index contributed by atoms with van der Waals surface area (Å²) in [6, 6.07) is 0.768. The molecule has 0 amide bonds. The molecule has 17 heavy (non-hydrogen) atoms. The normalized spacial score (nSPS) is 23.7. The predicted octanol–water partition coefficient (Wildman–Crippen LogP) is 2.24. The molecule has 0 bridgehead atoms. The zero-order valence-electron chi connectivity index (χ0n) is 10.1. The van der Waals surface area contributed by atoms with Crippen LogP contribution in [0.15, 0.2) is 5.11 Å². The van der Waals surface area contributed by atoms with Gasteiger partial charge in [-0.2, -0.15) is 0 Å². The highest BCUT2D eigenvalue weighted by atomic mass is 16.5. The molecule has 5 nitrogen and oxygen atoms in total. The summed E-state index contributed by atoms with van der Waals surface area (Å²) in [5.74, 6) is 2.44. The highest BCUT2D eigenvalue weighted by molar-refractivity contribution is 4.83. The van der Waals surface area contributed by atoms with Gasteiger partial charge < -0.3 is 10.1 Å². The van der Waals surface area contributed by atoms with E-state index in [4.69, 9.17) is 16.7 Å². The first kappa shape index (κ1) is 13.9. The van der Waals surface area contributed by atoms with E-state index in [-0.39, 0.29) is 6.04 Å². The summed E-state index contributed by atoms with van der Waals surface area (Å²) >= 11 is 0.